The second-order valence-electron chi connectivity index (χ2n) is 6.05. The topological polar surface area (TPSA) is 58.1 Å². The minimum Gasteiger partial charge on any atom is -0.353 e. The molecule has 1 aromatic rings. The van der Waals surface area contributed by atoms with Crippen LogP contribution in [0.1, 0.15) is 44.5 Å². The predicted molar refractivity (Wildman–Crippen MR) is 84.3 cm³/mol. The van der Waals surface area contributed by atoms with E-state index in [1.54, 1.807) is 0 Å². The van der Waals surface area contributed by atoms with Crippen LogP contribution >= 0.6 is 0 Å². The lowest BCUT2D eigenvalue weighted by Crippen LogP contribution is -2.45. The Labute approximate surface area is 127 Å². The Morgan fingerprint density at radius 2 is 2.10 bits per heavy atom. The molecule has 1 aliphatic rings. The van der Waals surface area contributed by atoms with Crippen molar-refractivity contribution < 1.29 is 4.79 Å². The lowest BCUT2D eigenvalue weighted by atomic mass is 9.97. The smallest absolute Gasteiger partial charge is 0.225 e. The van der Waals surface area contributed by atoms with Crippen LogP contribution in [0.5, 0.6) is 0 Å². The van der Waals surface area contributed by atoms with Crippen molar-refractivity contribution in [3.05, 3.63) is 17.5 Å². The van der Waals surface area contributed by atoms with Crippen molar-refractivity contribution in [2.45, 2.75) is 53.0 Å². The van der Waals surface area contributed by atoms with Crippen molar-refractivity contribution in [3.63, 3.8) is 0 Å². The number of piperidine rings is 1. The number of hydrogen-bond donors (Lipinski definition) is 1. The van der Waals surface area contributed by atoms with Crippen molar-refractivity contribution in [1.29, 1.82) is 0 Å². The molecule has 2 heterocycles. The molecular formula is C16H26N4O. The minimum atomic E-state index is 0.0390. The third-order valence-corrected chi connectivity index (χ3v) is 4.05. The standard InChI is InChI=1S/C16H26N4O/c1-5-11(2)17-15(21)14-7-6-8-20(10-14)16-18-12(3)9-13(4)19-16/h9,11,14H,5-8,10H2,1-4H3,(H,17,21)/t11-,14+/m1/s1. The van der Waals surface area contributed by atoms with Gasteiger partial charge in [0.1, 0.15) is 0 Å². The molecule has 1 aliphatic heterocycles. The summed E-state index contributed by atoms with van der Waals surface area (Å²) < 4.78 is 0. The highest BCUT2D eigenvalue weighted by Crippen LogP contribution is 2.21. The Bertz CT molecular complexity index is 483. The summed E-state index contributed by atoms with van der Waals surface area (Å²) in [5.41, 5.74) is 1.95. The average Bonchev–Trinajstić information content (AvgIpc) is 2.46. The van der Waals surface area contributed by atoms with Crippen molar-refractivity contribution >= 4 is 11.9 Å². The first-order valence-electron chi connectivity index (χ1n) is 7.87. The van der Waals surface area contributed by atoms with Gasteiger partial charge in [-0.2, -0.15) is 0 Å². The van der Waals surface area contributed by atoms with Gasteiger partial charge >= 0.3 is 0 Å². The zero-order valence-electron chi connectivity index (χ0n) is 13.5. The van der Waals surface area contributed by atoms with E-state index in [0.29, 0.717) is 6.54 Å². The molecule has 0 radical (unpaired) electrons. The summed E-state index contributed by atoms with van der Waals surface area (Å²) in [6, 6.07) is 2.21. The summed E-state index contributed by atoms with van der Waals surface area (Å²) >= 11 is 0. The third-order valence-electron chi connectivity index (χ3n) is 4.05. The second kappa shape index (κ2) is 6.87. The molecule has 1 N–H and O–H groups in total. The molecule has 5 nitrogen and oxygen atoms in total. The van der Waals surface area contributed by atoms with E-state index < -0.39 is 0 Å². The maximum atomic E-state index is 12.3. The Morgan fingerprint density at radius 3 is 2.71 bits per heavy atom. The maximum absolute atomic E-state index is 12.3. The van der Waals surface area contributed by atoms with E-state index in [-0.39, 0.29) is 17.9 Å². The molecule has 1 fully saturated rings. The number of aryl methyl sites for hydroxylation is 2. The first-order valence-corrected chi connectivity index (χ1v) is 7.87. The molecule has 0 spiro atoms. The Kier molecular flexibility index (Phi) is 5.15. The van der Waals surface area contributed by atoms with Gasteiger partial charge in [-0.15, -0.1) is 0 Å². The van der Waals surface area contributed by atoms with Crippen LogP contribution in [-0.4, -0.2) is 35.0 Å². The molecule has 0 bridgehead atoms. The highest BCUT2D eigenvalue weighted by molar-refractivity contribution is 5.79. The molecule has 0 aliphatic carbocycles. The number of carbonyl (C=O) groups is 1. The molecule has 1 aromatic heterocycles. The second-order valence-corrected chi connectivity index (χ2v) is 6.05. The molecule has 5 heteroatoms. The van der Waals surface area contributed by atoms with Crippen molar-refractivity contribution in [2.75, 3.05) is 18.0 Å². The molecule has 0 saturated carbocycles. The molecule has 0 unspecified atom stereocenters. The van der Waals surface area contributed by atoms with Crippen LogP contribution in [0.15, 0.2) is 6.07 Å². The number of nitrogens with one attached hydrogen (secondary N) is 1. The van der Waals surface area contributed by atoms with E-state index in [9.17, 15) is 4.79 Å². The van der Waals surface area contributed by atoms with Crippen LogP contribution in [0.4, 0.5) is 5.95 Å². The van der Waals surface area contributed by atoms with Gasteiger partial charge in [-0.3, -0.25) is 4.79 Å². The van der Waals surface area contributed by atoms with Gasteiger partial charge in [0.05, 0.1) is 5.92 Å². The van der Waals surface area contributed by atoms with Gasteiger partial charge in [0.25, 0.3) is 0 Å². The summed E-state index contributed by atoms with van der Waals surface area (Å²) in [6.45, 7) is 9.73. The number of nitrogens with zero attached hydrogens (tertiary/aromatic N) is 3. The monoisotopic (exact) mass is 290 g/mol. The van der Waals surface area contributed by atoms with Crippen LogP contribution in [0, 0.1) is 19.8 Å². The highest BCUT2D eigenvalue weighted by Gasteiger charge is 2.27. The van der Waals surface area contributed by atoms with E-state index in [0.717, 1.165) is 43.1 Å². The molecular weight excluding hydrogens is 264 g/mol. The fourth-order valence-electron chi connectivity index (χ4n) is 2.68. The van der Waals surface area contributed by atoms with Gasteiger partial charge in [-0.1, -0.05) is 6.92 Å². The molecule has 2 rings (SSSR count). The first-order chi connectivity index (χ1) is 9.99. The summed E-state index contributed by atoms with van der Waals surface area (Å²) in [4.78, 5) is 23.5. The molecule has 1 saturated heterocycles. The first kappa shape index (κ1) is 15.7. The fraction of sp³-hybridized carbons (Fsp3) is 0.688. The van der Waals surface area contributed by atoms with Crippen LogP contribution < -0.4 is 10.2 Å². The third kappa shape index (κ3) is 4.16. The van der Waals surface area contributed by atoms with Crippen LogP contribution in [0.25, 0.3) is 0 Å². The summed E-state index contributed by atoms with van der Waals surface area (Å²) in [7, 11) is 0. The Morgan fingerprint density at radius 1 is 1.43 bits per heavy atom. The van der Waals surface area contributed by atoms with E-state index in [1.165, 1.54) is 0 Å². The van der Waals surface area contributed by atoms with Crippen LogP contribution in [0.2, 0.25) is 0 Å². The quantitative estimate of drug-likeness (QED) is 0.924. The largest absolute Gasteiger partial charge is 0.353 e. The highest BCUT2D eigenvalue weighted by atomic mass is 16.2. The van der Waals surface area contributed by atoms with Gasteiger partial charge in [0, 0.05) is 30.5 Å². The summed E-state index contributed by atoms with van der Waals surface area (Å²) in [6.07, 6.45) is 2.92. The van der Waals surface area contributed by atoms with E-state index in [1.807, 2.05) is 26.8 Å². The zero-order chi connectivity index (χ0) is 15.4. The van der Waals surface area contributed by atoms with Gasteiger partial charge in [-0.05, 0) is 46.1 Å². The lowest BCUT2D eigenvalue weighted by Gasteiger charge is -2.32. The zero-order valence-corrected chi connectivity index (χ0v) is 13.5. The van der Waals surface area contributed by atoms with Crippen molar-refractivity contribution in [3.8, 4) is 0 Å². The predicted octanol–water partition coefficient (Wildman–Crippen LogP) is 2.22. The number of hydrogen-bond acceptors (Lipinski definition) is 4. The van der Waals surface area contributed by atoms with Gasteiger partial charge in [-0.25, -0.2) is 9.97 Å². The Balaban J connectivity index is 2.05. The number of amides is 1. The van der Waals surface area contributed by atoms with Gasteiger partial charge in [0.2, 0.25) is 11.9 Å². The van der Waals surface area contributed by atoms with E-state index in [4.69, 9.17) is 0 Å². The maximum Gasteiger partial charge on any atom is 0.225 e. The van der Waals surface area contributed by atoms with E-state index in [2.05, 4.69) is 27.1 Å². The van der Waals surface area contributed by atoms with Gasteiger partial charge < -0.3 is 10.2 Å². The lowest BCUT2D eigenvalue weighted by molar-refractivity contribution is -0.125. The van der Waals surface area contributed by atoms with Crippen molar-refractivity contribution in [1.82, 2.24) is 15.3 Å². The van der Waals surface area contributed by atoms with E-state index >= 15 is 0 Å². The SMILES string of the molecule is CC[C@@H](C)NC(=O)[C@H]1CCCN(c2nc(C)cc(C)n2)C1. The van der Waals surface area contributed by atoms with Crippen LogP contribution in [0.3, 0.4) is 0 Å². The normalized spacial score (nSPS) is 20.2. The average molecular weight is 290 g/mol. The fourth-order valence-corrected chi connectivity index (χ4v) is 2.68. The summed E-state index contributed by atoms with van der Waals surface area (Å²) in [5, 5.41) is 3.09. The number of rotatable bonds is 4. The summed E-state index contributed by atoms with van der Waals surface area (Å²) in [5.74, 6) is 0.962. The number of carbonyl (C=O) groups excluding carboxylic acids is 1. The molecule has 2 atom stereocenters. The molecule has 0 aromatic carbocycles. The number of anilines is 1. The van der Waals surface area contributed by atoms with Gasteiger partial charge in [0.15, 0.2) is 0 Å². The van der Waals surface area contributed by atoms with Crippen molar-refractivity contribution in [2.24, 2.45) is 5.92 Å². The number of aromatic nitrogens is 2. The minimum absolute atomic E-state index is 0.0390. The Hall–Kier alpha value is -1.65. The molecule has 1 amide bonds. The molecule has 116 valence electrons. The molecule has 21 heavy (non-hydrogen) atoms. The van der Waals surface area contributed by atoms with Crippen LogP contribution in [-0.2, 0) is 4.79 Å².